The van der Waals surface area contributed by atoms with E-state index in [0.29, 0.717) is 18.4 Å². The van der Waals surface area contributed by atoms with E-state index in [2.05, 4.69) is 26.2 Å². The zero-order chi connectivity index (χ0) is 12.5. The number of rotatable bonds is 2. The fourth-order valence-electron chi connectivity index (χ4n) is 1.52. The Bertz CT molecular complexity index is 404. The van der Waals surface area contributed by atoms with Crippen LogP contribution in [-0.4, -0.2) is 30.0 Å². The number of ether oxygens (including phenoxy) is 2. The lowest BCUT2D eigenvalue weighted by atomic mass is 10.2. The molecule has 1 aromatic rings. The molecule has 2 heterocycles. The van der Waals surface area contributed by atoms with Gasteiger partial charge in [-0.25, -0.2) is 4.98 Å². The molecule has 0 spiro atoms. The van der Waals surface area contributed by atoms with Gasteiger partial charge < -0.3 is 14.8 Å². The van der Waals surface area contributed by atoms with E-state index in [1.54, 1.807) is 6.20 Å². The minimum Gasteiger partial charge on any atom is -0.375 e. The molecule has 0 aliphatic carbocycles. The van der Waals surface area contributed by atoms with E-state index in [4.69, 9.17) is 21.1 Å². The first-order valence-corrected chi connectivity index (χ1v) is 6.49. The first kappa shape index (κ1) is 13.1. The quantitative estimate of drug-likeness (QED) is 0.850. The number of hydrogen-bond donors (Lipinski definition) is 1. The van der Waals surface area contributed by atoms with E-state index < -0.39 is 5.79 Å². The first-order valence-electron chi connectivity index (χ1n) is 5.32. The predicted molar refractivity (Wildman–Crippen MR) is 70.3 cm³/mol. The third-order valence-corrected chi connectivity index (χ3v) is 3.16. The number of nitrogens with zero attached hydrogens (tertiary/aromatic N) is 1. The fraction of sp³-hybridized carbons (Fsp3) is 0.545. The lowest BCUT2D eigenvalue weighted by molar-refractivity contribution is -0.247. The predicted octanol–water partition coefficient (Wildman–Crippen LogP) is 3.06. The van der Waals surface area contributed by atoms with Crippen LogP contribution in [0.25, 0.3) is 0 Å². The molecule has 0 bridgehead atoms. The molecule has 0 atom stereocenters. The number of anilines is 1. The summed E-state index contributed by atoms with van der Waals surface area (Å²) in [5, 5.41) is 3.70. The smallest absolute Gasteiger partial charge is 0.162 e. The Morgan fingerprint density at radius 1 is 1.47 bits per heavy atom. The van der Waals surface area contributed by atoms with Crippen molar-refractivity contribution in [1.29, 1.82) is 0 Å². The van der Waals surface area contributed by atoms with Gasteiger partial charge in [-0.05, 0) is 35.8 Å². The minimum atomic E-state index is -0.502. The van der Waals surface area contributed by atoms with Gasteiger partial charge in [-0.3, -0.25) is 0 Å². The zero-order valence-corrected chi connectivity index (χ0v) is 12.0. The number of hydrogen-bond acceptors (Lipinski definition) is 4. The summed E-state index contributed by atoms with van der Waals surface area (Å²) >= 11 is 9.35. The summed E-state index contributed by atoms with van der Waals surface area (Å²) in [4.78, 5) is 4.05. The van der Waals surface area contributed by atoms with Crippen LogP contribution in [0.15, 0.2) is 16.7 Å². The summed E-state index contributed by atoms with van der Waals surface area (Å²) < 4.78 is 12.0. The van der Waals surface area contributed by atoms with E-state index in [1.165, 1.54) is 0 Å². The van der Waals surface area contributed by atoms with Gasteiger partial charge in [-0.2, -0.15) is 0 Å². The molecule has 4 nitrogen and oxygen atoms in total. The van der Waals surface area contributed by atoms with Crippen molar-refractivity contribution in [1.82, 2.24) is 4.98 Å². The van der Waals surface area contributed by atoms with Crippen LogP contribution in [-0.2, 0) is 9.47 Å². The summed E-state index contributed by atoms with van der Waals surface area (Å²) in [6.07, 6.45) is 1.66. The lowest BCUT2D eigenvalue weighted by Gasteiger charge is -2.35. The molecular weight excluding hydrogens is 307 g/mol. The summed E-state index contributed by atoms with van der Waals surface area (Å²) in [7, 11) is 0. The highest BCUT2D eigenvalue weighted by Crippen LogP contribution is 2.25. The summed E-state index contributed by atoms with van der Waals surface area (Å²) in [6.45, 7) is 4.96. The largest absolute Gasteiger partial charge is 0.375 e. The molecular formula is C11H14BrClN2O2. The van der Waals surface area contributed by atoms with Crippen LogP contribution >= 0.6 is 27.5 Å². The van der Waals surface area contributed by atoms with Crippen molar-refractivity contribution >= 4 is 33.2 Å². The van der Waals surface area contributed by atoms with Gasteiger partial charge in [-0.1, -0.05) is 11.6 Å². The van der Waals surface area contributed by atoms with Crippen molar-refractivity contribution < 1.29 is 9.47 Å². The van der Waals surface area contributed by atoms with Crippen LogP contribution in [0, 0.1) is 0 Å². The third kappa shape index (κ3) is 3.55. The SMILES string of the molecule is CC1(C)OCC(Nc2cc(Br)cnc2Cl)CO1. The van der Waals surface area contributed by atoms with Crippen LogP contribution in [0.5, 0.6) is 0 Å². The van der Waals surface area contributed by atoms with Crippen LogP contribution in [0.2, 0.25) is 5.15 Å². The highest BCUT2D eigenvalue weighted by Gasteiger charge is 2.28. The average molecular weight is 322 g/mol. The molecule has 1 aliphatic heterocycles. The first-order chi connectivity index (χ1) is 7.96. The second-order valence-corrected chi connectivity index (χ2v) is 5.63. The van der Waals surface area contributed by atoms with Crippen molar-refractivity contribution in [2.45, 2.75) is 25.7 Å². The summed E-state index contributed by atoms with van der Waals surface area (Å²) in [6, 6.07) is 1.96. The highest BCUT2D eigenvalue weighted by molar-refractivity contribution is 9.10. The van der Waals surface area contributed by atoms with Crippen LogP contribution in [0.3, 0.4) is 0 Å². The molecule has 6 heteroatoms. The molecule has 94 valence electrons. The molecule has 1 fully saturated rings. The van der Waals surface area contributed by atoms with Gasteiger partial charge in [-0.15, -0.1) is 0 Å². The summed E-state index contributed by atoms with van der Waals surface area (Å²) in [5.74, 6) is -0.502. The highest BCUT2D eigenvalue weighted by atomic mass is 79.9. The van der Waals surface area contributed by atoms with Gasteiger partial charge >= 0.3 is 0 Å². The van der Waals surface area contributed by atoms with Crippen LogP contribution in [0.4, 0.5) is 5.69 Å². The van der Waals surface area contributed by atoms with Crippen LogP contribution in [0.1, 0.15) is 13.8 Å². The Morgan fingerprint density at radius 3 is 2.76 bits per heavy atom. The Kier molecular flexibility index (Phi) is 3.92. The van der Waals surface area contributed by atoms with Gasteiger partial charge in [0.1, 0.15) is 0 Å². The number of pyridine rings is 1. The molecule has 0 saturated carbocycles. The topological polar surface area (TPSA) is 43.4 Å². The van der Waals surface area contributed by atoms with Gasteiger partial charge in [0.15, 0.2) is 10.9 Å². The van der Waals surface area contributed by atoms with Gasteiger partial charge in [0.2, 0.25) is 0 Å². The molecule has 0 amide bonds. The molecule has 17 heavy (non-hydrogen) atoms. The van der Waals surface area contributed by atoms with Crippen molar-refractivity contribution in [3.05, 3.63) is 21.9 Å². The van der Waals surface area contributed by atoms with E-state index in [0.717, 1.165) is 10.2 Å². The monoisotopic (exact) mass is 320 g/mol. The second kappa shape index (κ2) is 5.10. The Labute approximate surface area is 114 Å². The molecule has 1 N–H and O–H groups in total. The van der Waals surface area contributed by atoms with Crippen molar-refractivity contribution in [3.8, 4) is 0 Å². The zero-order valence-electron chi connectivity index (χ0n) is 9.67. The van der Waals surface area contributed by atoms with Crippen molar-refractivity contribution in [2.75, 3.05) is 18.5 Å². The fourth-order valence-corrected chi connectivity index (χ4v) is 2.01. The Balaban J connectivity index is 2.00. The molecule has 0 radical (unpaired) electrons. The summed E-state index contributed by atoms with van der Waals surface area (Å²) in [5.41, 5.74) is 0.776. The standard InChI is InChI=1S/C11H14BrClN2O2/c1-11(2)16-5-8(6-17-11)15-9-3-7(12)4-14-10(9)13/h3-4,8,15H,5-6H2,1-2H3. The molecule has 0 unspecified atom stereocenters. The maximum absolute atomic E-state index is 6.00. The Morgan fingerprint density at radius 2 is 2.12 bits per heavy atom. The van der Waals surface area contributed by atoms with Crippen molar-refractivity contribution in [2.24, 2.45) is 0 Å². The molecule has 2 rings (SSSR count). The lowest BCUT2D eigenvalue weighted by Crippen LogP contribution is -2.45. The Hall–Kier alpha value is -0.360. The molecule has 0 aromatic carbocycles. The van der Waals surface area contributed by atoms with Crippen LogP contribution < -0.4 is 5.32 Å². The van der Waals surface area contributed by atoms with E-state index in [-0.39, 0.29) is 6.04 Å². The maximum atomic E-state index is 6.00. The molecule has 1 aromatic heterocycles. The van der Waals surface area contributed by atoms with Gasteiger partial charge in [0, 0.05) is 10.7 Å². The van der Waals surface area contributed by atoms with E-state index in [9.17, 15) is 0 Å². The third-order valence-electron chi connectivity index (χ3n) is 2.43. The molecule has 1 aliphatic rings. The van der Waals surface area contributed by atoms with Gasteiger partial charge in [0.25, 0.3) is 0 Å². The normalized spacial score (nSPS) is 20.2. The number of aromatic nitrogens is 1. The van der Waals surface area contributed by atoms with Crippen molar-refractivity contribution in [3.63, 3.8) is 0 Å². The van der Waals surface area contributed by atoms with Gasteiger partial charge in [0.05, 0.1) is 24.9 Å². The number of halogens is 2. The number of nitrogens with one attached hydrogen (secondary N) is 1. The molecule has 1 saturated heterocycles. The second-order valence-electron chi connectivity index (χ2n) is 4.36. The maximum Gasteiger partial charge on any atom is 0.162 e. The average Bonchev–Trinajstić information content (AvgIpc) is 2.26. The van der Waals surface area contributed by atoms with E-state index in [1.807, 2.05) is 19.9 Å². The van der Waals surface area contributed by atoms with E-state index >= 15 is 0 Å². The minimum absolute atomic E-state index is 0.0802.